The normalized spacial score (nSPS) is 14.1. The van der Waals surface area contributed by atoms with E-state index in [2.05, 4.69) is 4.90 Å². The van der Waals surface area contributed by atoms with E-state index in [9.17, 15) is 14.9 Å². The highest BCUT2D eigenvalue weighted by molar-refractivity contribution is 6.19. The zero-order chi connectivity index (χ0) is 25.9. The van der Waals surface area contributed by atoms with Crippen LogP contribution >= 0.6 is 11.6 Å². The molecule has 4 rings (SSSR count). The van der Waals surface area contributed by atoms with Crippen molar-refractivity contribution in [2.24, 2.45) is 5.41 Å². The topological polar surface area (TPSA) is 92.5 Å². The summed E-state index contributed by atoms with van der Waals surface area (Å²) in [6, 6.07) is 16.4. The van der Waals surface area contributed by atoms with E-state index in [1.54, 1.807) is 12.1 Å². The van der Waals surface area contributed by atoms with Gasteiger partial charge in [0, 0.05) is 67.4 Å². The number of rotatable bonds is 7. The largest absolute Gasteiger partial charge is 0.353 e. The molecule has 1 fully saturated rings. The summed E-state index contributed by atoms with van der Waals surface area (Å²) >= 11 is 6.04. The van der Waals surface area contributed by atoms with Gasteiger partial charge in [0.1, 0.15) is 5.82 Å². The molecule has 1 amide bonds. The summed E-state index contributed by atoms with van der Waals surface area (Å²) in [7, 11) is 0. The summed E-state index contributed by atoms with van der Waals surface area (Å²) < 4.78 is 0. The molecule has 0 unspecified atom stereocenters. The predicted octanol–water partition coefficient (Wildman–Crippen LogP) is 4.86. The first-order chi connectivity index (χ1) is 17.2. The average Bonchev–Trinajstić information content (AvgIpc) is 2.90. The molecule has 9 heteroatoms. The van der Waals surface area contributed by atoms with E-state index in [0.717, 1.165) is 28.2 Å². The number of hydrogen-bond donors (Lipinski definition) is 0. The number of halogens is 1. The molecule has 1 aliphatic rings. The van der Waals surface area contributed by atoms with Crippen LogP contribution in [0, 0.1) is 22.5 Å². The lowest BCUT2D eigenvalue weighted by molar-refractivity contribution is -0.384. The molecule has 0 radical (unpaired) electrons. The monoisotopic (exact) mass is 507 g/mol. The van der Waals surface area contributed by atoms with E-state index in [1.807, 2.05) is 56.0 Å². The van der Waals surface area contributed by atoms with Gasteiger partial charge in [0.05, 0.1) is 10.3 Å². The Morgan fingerprint density at radius 3 is 2.25 bits per heavy atom. The Labute approximate surface area is 216 Å². The zero-order valence-corrected chi connectivity index (χ0v) is 21.5. The summed E-state index contributed by atoms with van der Waals surface area (Å²) in [4.78, 5) is 37.5. The van der Waals surface area contributed by atoms with Crippen molar-refractivity contribution in [2.75, 3.05) is 37.0 Å². The maximum absolute atomic E-state index is 12.9. The van der Waals surface area contributed by atoms with Crippen molar-refractivity contribution in [1.82, 2.24) is 14.9 Å². The fourth-order valence-corrected chi connectivity index (χ4v) is 4.43. The fourth-order valence-electron chi connectivity index (χ4n) is 4.31. The Morgan fingerprint density at radius 1 is 1.03 bits per heavy atom. The lowest BCUT2D eigenvalue weighted by Crippen LogP contribution is -2.53. The lowest BCUT2D eigenvalue weighted by atomic mass is 9.94. The van der Waals surface area contributed by atoms with Gasteiger partial charge in [0.15, 0.2) is 5.82 Å². The lowest BCUT2D eigenvalue weighted by Gasteiger charge is -2.39. The van der Waals surface area contributed by atoms with Crippen LogP contribution in [-0.4, -0.2) is 57.8 Å². The molecule has 2 heterocycles. The van der Waals surface area contributed by atoms with Crippen LogP contribution in [0.2, 0.25) is 0 Å². The number of benzene rings is 2. The third-order valence-electron chi connectivity index (χ3n) is 6.53. The minimum Gasteiger partial charge on any atom is -0.353 e. The maximum Gasteiger partial charge on any atom is 0.269 e. The van der Waals surface area contributed by atoms with Crippen molar-refractivity contribution in [2.45, 2.75) is 27.2 Å². The number of amides is 1. The van der Waals surface area contributed by atoms with E-state index < -0.39 is 10.3 Å². The molecule has 36 heavy (non-hydrogen) atoms. The molecule has 0 bridgehead atoms. The van der Waals surface area contributed by atoms with Crippen molar-refractivity contribution < 1.29 is 9.72 Å². The molecule has 1 aliphatic heterocycles. The molecule has 1 aromatic heterocycles. The highest BCUT2D eigenvalue weighted by Crippen LogP contribution is 2.29. The minimum atomic E-state index is -0.600. The second-order valence-electron chi connectivity index (χ2n) is 9.70. The first-order valence-corrected chi connectivity index (χ1v) is 12.5. The number of aryl methyl sites for hydroxylation is 1. The molecule has 2 aromatic carbocycles. The number of piperazine rings is 1. The minimum absolute atomic E-state index is 0.0621. The van der Waals surface area contributed by atoms with Crippen LogP contribution in [0.15, 0.2) is 54.6 Å². The Morgan fingerprint density at radius 2 is 1.67 bits per heavy atom. The number of non-ortho nitro benzene ring substituents is 1. The number of aromatic nitrogens is 2. The summed E-state index contributed by atoms with van der Waals surface area (Å²) in [6.07, 6.45) is 0.548. The van der Waals surface area contributed by atoms with Gasteiger partial charge in [-0.1, -0.05) is 42.5 Å². The highest BCUT2D eigenvalue weighted by atomic mass is 35.5. The highest BCUT2D eigenvalue weighted by Gasteiger charge is 2.33. The maximum atomic E-state index is 12.9. The van der Waals surface area contributed by atoms with Crippen LogP contribution < -0.4 is 4.90 Å². The molecule has 8 nitrogen and oxygen atoms in total. The smallest absolute Gasteiger partial charge is 0.269 e. The molecule has 0 spiro atoms. The van der Waals surface area contributed by atoms with Gasteiger partial charge < -0.3 is 9.80 Å². The van der Waals surface area contributed by atoms with E-state index in [0.29, 0.717) is 38.4 Å². The van der Waals surface area contributed by atoms with Gasteiger partial charge in [0.25, 0.3) is 5.69 Å². The molecule has 188 valence electrons. The number of carbonyl (C=O) groups excluding carboxylic acids is 1. The van der Waals surface area contributed by atoms with Crippen molar-refractivity contribution in [3.63, 3.8) is 0 Å². The van der Waals surface area contributed by atoms with Crippen LogP contribution in [0.1, 0.15) is 30.7 Å². The van der Waals surface area contributed by atoms with Crippen molar-refractivity contribution in [3.8, 4) is 11.4 Å². The van der Waals surface area contributed by atoms with Crippen LogP contribution in [0.5, 0.6) is 0 Å². The van der Waals surface area contributed by atoms with Crippen molar-refractivity contribution >= 4 is 29.0 Å². The second-order valence-corrected chi connectivity index (χ2v) is 9.97. The molecule has 0 atom stereocenters. The zero-order valence-electron chi connectivity index (χ0n) is 20.8. The van der Waals surface area contributed by atoms with E-state index in [1.165, 1.54) is 12.1 Å². The SMILES string of the molecule is Cc1nc(-c2ccccc2)nc(N2CCN(C(=O)C(C)(C)CCl)CC2)c1Cc1ccc([N+](=O)[O-])cc1. The summed E-state index contributed by atoms with van der Waals surface area (Å²) in [6.45, 7) is 8.17. The van der Waals surface area contributed by atoms with Gasteiger partial charge in [-0.3, -0.25) is 14.9 Å². The second kappa shape index (κ2) is 10.6. The number of nitro benzene ring substituents is 1. The third-order valence-corrected chi connectivity index (χ3v) is 7.20. The quantitative estimate of drug-likeness (QED) is 0.257. The van der Waals surface area contributed by atoms with Crippen molar-refractivity contribution in [1.29, 1.82) is 0 Å². The molecule has 0 saturated carbocycles. The first-order valence-electron chi connectivity index (χ1n) is 12.0. The van der Waals surface area contributed by atoms with Gasteiger partial charge in [-0.25, -0.2) is 9.97 Å². The standard InChI is InChI=1S/C27H30ClN5O3/c1-19-23(17-20-9-11-22(12-10-20)33(35)36)25(30-24(29-19)21-7-5-4-6-8-21)31-13-15-32(16-14-31)26(34)27(2,3)18-28/h4-12H,13-18H2,1-3H3. The molecule has 3 aromatic rings. The van der Waals surface area contributed by atoms with Gasteiger partial charge in [-0.05, 0) is 26.3 Å². The van der Waals surface area contributed by atoms with E-state index >= 15 is 0 Å². The van der Waals surface area contributed by atoms with E-state index in [4.69, 9.17) is 21.6 Å². The number of nitro groups is 1. The molecule has 1 saturated heterocycles. The number of nitrogens with zero attached hydrogens (tertiary/aromatic N) is 5. The number of alkyl halides is 1. The Bertz CT molecular complexity index is 1240. The average molecular weight is 508 g/mol. The van der Waals surface area contributed by atoms with Gasteiger partial charge in [-0.2, -0.15) is 0 Å². The fraction of sp³-hybridized carbons (Fsp3) is 0.370. The predicted molar refractivity (Wildman–Crippen MR) is 141 cm³/mol. The number of anilines is 1. The summed E-state index contributed by atoms with van der Waals surface area (Å²) in [5.41, 5.74) is 3.17. The van der Waals surface area contributed by atoms with Gasteiger partial charge in [-0.15, -0.1) is 11.6 Å². The molecule has 0 aliphatic carbocycles. The Hall–Kier alpha value is -3.52. The summed E-state index contributed by atoms with van der Waals surface area (Å²) in [5.74, 6) is 1.82. The van der Waals surface area contributed by atoms with Crippen LogP contribution in [0.4, 0.5) is 11.5 Å². The van der Waals surface area contributed by atoms with Crippen LogP contribution in [0.3, 0.4) is 0 Å². The summed E-state index contributed by atoms with van der Waals surface area (Å²) in [5, 5.41) is 11.1. The Balaban J connectivity index is 1.66. The van der Waals surface area contributed by atoms with Crippen LogP contribution in [0.25, 0.3) is 11.4 Å². The Kier molecular flexibility index (Phi) is 7.54. The number of carbonyl (C=O) groups is 1. The first kappa shape index (κ1) is 25.6. The molecular weight excluding hydrogens is 478 g/mol. The molecule has 0 N–H and O–H groups in total. The molecular formula is C27H30ClN5O3. The number of hydrogen-bond acceptors (Lipinski definition) is 6. The van der Waals surface area contributed by atoms with Gasteiger partial charge >= 0.3 is 0 Å². The van der Waals surface area contributed by atoms with E-state index in [-0.39, 0.29) is 17.5 Å². The van der Waals surface area contributed by atoms with Crippen LogP contribution in [-0.2, 0) is 11.2 Å². The van der Waals surface area contributed by atoms with Crippen molar-refractivity contribution in [3.05, 3.63) is 81.5 Å². The van der Waals surface area contributed by atoms with Gasteiger partial charge in [0.2, 0.25) is 5.91 Å². The third kappa shape index (κ3) is 5.49.